The molecule has 0 aromatic heterocycles. The molecular formula is C22H31N3O3S. The van der Waals surface area contributed by atoms with E-state index in [2.05, 4.69) is 35.3 Å². The molecule has 0 radical (unpaired) electrons. The molecule has 0 aliphatic heterocycles. The van der Waals surface area contributed by atoms with Crippen molar-refractivity contribution in [3.05, 3.63) is 59.7 Å². The summed E-state index contributed by atoms with van der Waals surface area (Å²) in [4.78, 5) is 14.7. The molecule has 0 aliphatic carbocycles. The Labute approximate surface area is 174 Å². The number of hydrogen-bond acceptors (Lipinski definition) is 4. The highest BCUT2D eigenvalue weighted by Gasteiger charge is 2.21. The van der Waals surface area contributed by atoms with Gasteiger partial charge in [0, 0.05) is 25.3 Å². The molecule has 0 atom stereocenters. The van der Waals surface area contributed by atoms with Gasteiger partial charge in [-0.05, 0) is 43.3 Å². The maximum atomic E-state index is 12.5. The summed E-state index contributed by atoms with van der Waals surface area (Å²) in [6.45, 7) is 10.3. The van der Waals surface area contributed by atoms with Gasteiger partial charge in [-0.15, -0.1) is 0 Å². The quantitative estimate of drug-likeness (QED) is 0.642. The van der Waals surface area contributed by atoms with Crippen molar-refractivity contribution < 1.29 is 13.2 Å². The van der Waals surface area contributed by atoms with Gasteiger partial charge < -0.3 is 5.32 Å². The van der Waals surface area contributed by atoms with Crippen molar-refractivity contribution in [3.8, 4) is 0 Å². The Morgan fingerprint density at radius 2 is 1.62 bits per heavy atom. The lowest BCUT2D eigenvalue weighted by Crippen LogP contribution is -2.32. The van der Waals surface area contributed by atoms with Crippen LogP contribution in [0.3, 0.4) is 0 Å². The van der Waals surface area contributed by atoms with Gasteiger partial charge in [0.1, 0.15) is 0 Å². The number of carbonyl (C=O) groups is 1. The topological polar surface area (TPSA) is 69.7 Å². The fraction of sp³-hybridized carbons (Fsp3) is 0.409. The predicted molar refractivity (Wildman–Crippen MR) is 117 cm³/mol. The third-order valence-electron chi connectivity index (χ3n) is 4.78. The van der Waals surface area contributed by atoms with Crippen LogP contribution >= 0.6 is 0 Å². The molecule has 6 nitrogen and oxygen atoms in total. The molecule has 0 heterocycles. The van der Waals surface area contributed by atoms with E-state index in [1.165, 1.54) is 27.6 Å². The SMILES string of the molecule is CCN(CC(=O)Nc1ccc(S(=O)(=O)N(CC)CC)cc1)Cc1cccc(C)c1. The highest BCUT2D eigenvalue weighted by Crippen LogP contribution is 2.18. The van der Waals surface area contributed by atoms with Crippen molar-refractivity contribution in [2.24, 2.45) is 0 Å². The number of sulfonamides is 1. The van der Waals surface area contributed by atoms with Crippen molar-refractivity contribution in [3.63, 3.8) is 0 Å². The molecule has 29 heavy (non-hydrogen) atoms. The number of nitrogens with one attached hydrogen (secondary N) is 1. The van der Waals surface area contributed by atoms with Crippen molar-refractivity contribution in [1.82, 2.24) is 9.21 Å². The maximum Gasteiger partial charge on any atom is 0.243 e. The number of benzene rings is 2. The molecule has 2 rings (SSSR count). The number of hydrogen-bond donors (Lipinski definition) is 1. The number of aryl methyl sites for hydroxylation is 1. The van der Waals surface area contributed by atoms with Crippen molar-refractivity contribution in [2.75, 3.05) is 31.5 Å². The second kappa shape index (κ2) is 10.5. The molecule has 0 unspecified atom stereocenters. The van der Waals surface area contributed by atoms with Gasteiger partial charge in [0.25, 0.3) is 0 Å². The number of carbonyl (C=O) groups excluding carboxylic acids is 1. The summed E-state index contributed by atoms with van der Waals surface area (Å²) in [5, 5.41) is 2.85. The third kappa shape index (κ3) is 6.39. The highest BCUT2D eigenvalue weighted by molar-refractivity contribution is 7.89. The van der Waals surface area contributed by atoms with Gasteiger partial charge in [-0.3, -0.25) is 9.69 Å². The summed E-state index contributed by atoms with van der Waals surface area (Å²) in [5.41, 5.74) is 2.95. The molecule has 2 aromatic rings. The van der Waals surface area contributed by atoms with Crippen molar-refractivity contribution >= 4 is 21.6 Å². The van der Waals surface area contributed by atoms with Crippen LogP contribution in [0.5, 0.6) is 0 Å². The average molecular weight is 418 g/mol. The van der Waals surface area contributed by atoms with Gasteiger partial charge in [0.05, 0.1) is 11.4 Å². The molecule has 0 fully saturated rings. The van der Waals surface area contributed by atoms with Gasteiger partial charge in [-0.2, -0.15) is 4.31 Å². The molecule has 0 saturated carbocycles. The number of anilines is 1. The van der Waals surface area contributed by atoms with E-state index in [0.717, 1.165) is 6.54 Å². The first-order valence-electron chi connectivity index (χ1n) is 9.98. The molecular weight excluding hydrogens is 386 g/mol. The van der Waals surface area contributed by atoms with Crippen LogP contribution in [0.1, 0.15) is 31.9 Å². The van der Waals surface area contributed by atoms with E-state index in [1.807, 2.05) is 26.8 Å². The Morgan fingerprint density at radius 1 is 0.966 bits per heavy atom. The number of rotatable bonds is 10. The van der Waals surface area contributed by atoms with Crippen LogP contribution in [0.25, 0.3) is 0 Å². The lowest BCUT2D eigenvalue weighted by molar-refractivity contribution is -0.117. The Hall–Kier alpha value is -2.22. The Balaban J connectivity index is 1.99. The van der Waals surface area contributed by atoms with Crippen LogP contribution in [-0.4, -0.2) is 49.7 Å². The zero-order valence-electron chi connectivity index (χ0n) is 17.7. The molecule has 0 bridgehead atoms. The lowest BCUT2D eigenvalue weighted by Gasteiger charge is -2.20. The monoisotopic (exact) mass is 417 g/mol. The van der Waals surface area contributed by atoms with Crippen LogP contribution in [-0.2, 0) is 21.4 Å². The zero-order chi connectivity index (χ0) is 21.4. The highest BCUT2D eigenvalue weighted by atomic mass is 32.2. The largest absolute Gasteiger partial charge is 0.325 e. The molecule has 7 heteroatoms. The molecule has 0 aliphatic rings. The van der Waals surface area contributed by atoms with Crippen LogP contribution in [0.2, 0.25) is 0 Å². The normalized spacial score (nSPS) is 11.8. The van der Waals surface area contributed by atoms with E-state index < -0.39 is 10.0 Å². The number of amides is 1. The van der Waals surface area contributed by atoms with Crippen LogP contribution in [0, 0.1) is 6.92 Å². The second-order valence-electron chi connectivity index (χ2n) is 6.95. The van der Waals surface area contributed by atoms with Crippen LogP contribution < -0.4 is 5.32 Å². The summed E-state index contributed by atoms with van der Waals surface area (Å²) >= 11 is 0. The Bertz CT molecular complexity index is 907. The summed E-state index contributed by atoms with van der Waals surface area (Å²) < 4.78 is 26.5. The van der Waals surface area contributed by atoms with Crippen LogP contribution in [0.15, 0.2) is 53.4 Å². The molecule has 158 valence electrons. The minimum Gasteiger partial charge on any atom is -0.325 e. The molecule has 1 N–H and O–H groups in total. The minimum atomic E-state index is -3.50. The number of likely N-dealkylation sites (N-methyl/N-ethyl adjacent to an activating group) is 1. The Morgan fingerprint density at radius 3 is 2.17 bits per heavy atom. The fourth-order valence-corrected chi connectivity index (χ4v) is 4.63. The Kier molecular flexibility index (Phi) is 8.37. The van der Waals surface area contributed by atoms with Gasteiger partial charge in [-0.25, -0.2) is 8.42 Å². The average Bonchev–Trinajstić information content (AvgIpc) is 2.68. The molecule has 0 saturated heterocycles. The molecule has 1 amide bonds. The van der Waals surface area contributed by atoms with E-state index in [9.17, 15) is 13.2 Å². The van der Waals surface area contributed by atoms with E-state index in [0.29, 0.717) is 25.3 Å². The van der Waals surface area contributed by atoms with Gasteiger partial charge in [0.2, 0.25) is 15.9 Å². The second-order valence-corrected chi connectivity index (χ2v) is 8.89. The predicted octanol–water partition coefficient (Wildman–Crippen LogP) is 3.49. The minimum absolute atomic E-state index is 0.126. The van der Waals surface area contributed by atoms with E-state index in [4.69, 9.17) is 0 Å². The van der Waals surface area contributed by atoms with Gasteiger partial charge in [0.15, 0.2) is 0 Å². The van der Waals surface area contributed by atoms with Gasteiger partial charge >= 0.3 is 0 Å². The maximum absolute atomic E-state index is 12.5. The summed E-state index contributed by atoms with van der Waals surface area (Å²) in [7, 11) is -3.50. The van der Waals surface area contributed by atoms with E-state index in [1.54, 1.807) is 12.1 Å². The summed E-state index contributed by atoms with van der Waals surface area (Å²) in [5.74, 6) is -0.126. The summed E-state index contributed by atoms with van der Waals surface area (Å²) in [6, 6.07) is 14.6. The van der Waals surface area contributed by atoms with Crippen molar-refractivity contribution in [2.45, 2.75) is 39.1 Å². The van der Waals surface area contributed by atoms with E-state index >= 15 is 0 Å². The third-order valence-corrected chi connectivity index (χ3v) is 6.85. The van der Waals surface area contributed by atoms with E-state index in [-0.39, 0.29) is 17.3 Å². The van der Waals surface area contributed by atoms with Crippen molar-refractivity contribution in [1.29, 1.82) is 0 Å². The lowest BCUT2D eigenvalue weighted by atomic mass is 10.1. The smallest absolute Gasteiger partial charge is 0.243 e. The first-order chi connectivity index (χ1) is 13.8. The first-order valence-corrected chi connectivity index (χ1v) is 11.4. The summed E-state index contributed by atoms with van der Waals surface area (Å²) in [6.07, 6.45) is 0. The van der Waals surface area contributed by atoms with Gasteiger partial charge in [-0.1, -0.05) is 50.6 Å². The molecule has 2 aromatic carbocycles. The molecule has 0 spiro atoms. The number of nitrogens with zero attached hydrogens (tertiary/aromatic N) is 2. The standard InChI is InChI=1S/C22H31N3O3S/c1-5-24(16-19-10-8-9-18(4)15-19)17-22(26)23-20-11-13-21(14-12-20)29(27,28)25(6-2)7-3/h8-15H,5-7,16-17H2,1-4H3,(H,23,26). The van der Waals surface area contributed by atoms with Crippen LogP contribution in [0.4, 0.5) is 5.69 Å². The fourth-order valence-electron chi connectivity index (χ4n) is 3.17. The first kappa shape index (κ1) is 23.1. The zero-order valence-corrected chi connectivity index (χ0v) is 18.5.